The van der Waals surface area contributed by atoms with Crippen LogP contribution in [0.4, 0.5) is 5.69 Å². The molecule has 0 N–H and O–H groups in total. The second kappa shape index (κ2) is 5.46. The van der Waals surface area contributed by atoms with Crippen molar-refractivity contribution in [3.05, 3.63) is 41.4 Å². The first-order valence-electron chi connectivity index (χ1n) is 7.58. The fourth-order valence-electron chi connectivity index (χ4n) is 3.50. The lowest BCUT2D eigenvalue weighted by atomic mass is 10.1. The maximum Gasteiger partial charge on any atom is 0.124 e. The van der Waals surface area contributed by atoms with Gasteiger partial charge in [0.15, 0.2) is 0 Å². The van der Waals surface area contributed by atoms with Gasteiger partial charge in [-0.3, -0.25) is 4.90 Å². The molecule has 4 nitrogen and oxygen atoms in total. The minimum absolute atomic E-state index is 0.767. The Morgan fingerprint density at radius 1 is 1.05 bits per heavy atom. The van der Waals surface area contributed by atoms with Gasteiger partial charge in [0.2, 0.25) is 0 Å². The topological polar surface area (TPSA) is 24.3 Å². The van der Waals surface area contributed by atoms with Gasteiger partial charge < -0.3 is 9.47 Å². The molecule has 1 aromatic heterocycles. The van der Waals surface area contributed by atoms with Gasteiger partial charge in [-0.25, -0.2) is 4.98 Å². The minimum Gasteiger partial charge on any atom is -0.369 e. The van der Waals surface area contributed by atoms with Crippen LogP contribution in [0.5, 0.6) is 0 Å². The molecular weight excluding hydrogens is 328 g/mol. The van der Waals surface area contributed by atoms with E-state index in [0.717, 1.165) is 22.9 Å². The van der Waals surface area contributed by atoms with E-state index in [9.17, 15) is 0 Å². The molecule has 2 saturated heterocycles. The summed E-state index contributed by atoms with van der Waals surface area (Å²) >= 11 is 3.39. The van der Waals surface area contributed by atoms with Crippen molar-refractivity contribution in [1.82, 2.24) is 14.5 Å². The molecule has 0 bridgehead atoms. The van der Waals surface area contributed by atoms with E-state index >= 15 is 0 Å². The largest absolute Gasteiger partial charge is 0.369 e. The summed E-state index contributed by atoms with van der Waals surface area (Å²) in [5.41, 5.74) is 2.49. The number of benzene rings is 1. The van der Waals surface area contributed by atoms with Crippen molar-refractivity contribution in [2.45, 2.75) is 18.9 Å². The van der Waals surface area contributed by atoms with E-state index in [2.05, 4.69) is 55.0 Å². The fraction of sp³-hybridized carbons (Fsp3) is 0.438. The van der Waals surface area contributed by atoms with Gasteiger partial charge in [-0.15, -0.1) is 0 Å². The molecule has 1 aromatic carbocycles. The van der Waals surface area contributed by atoms with Gasteiger partial charge in [0.25, 0.3) is 0 Å². The van der Waals surface area contributed by atoms with Crippen LogP contribution in [-0.4, -0.2) is 46.7 Å². The first kappa shape index (κ1) is 13.3. The molecule has 0 radical (unpaired) electrons. The highest BCUT2D eigenvalue weighted by Crippen LogP contribution is 2.26. The number of anilines is 1. The number of fused-ring (bicyclic) bond motifs is 1. The van der Waals surface area contributed by atoms with Crippen LogP contribution in [0.2, 0.25) is 0 Å². The highest BCUT2D eigenvalue weighted by Gasteiger charge is 2.30. The molecule has 1 unspecified atom stereocenters. The zero-order valence-electron chi connectivity index (χ0n) is 12.0. The molecular formula is C16H19BrN4. The van der Waals surface area contributed by atoms with Crippen molar-refractivity contribution in [1.29, 1.82) is 0 Å². The summed E-state index contributed by atoms with van der Waals surface area (Å²) < 4.78 is 2.90. The smallest absolute Gasteiger partial charge is 0.124 e. The van der Waals surface area contributed by atoms with Crippen molar-refractivity contribution in [3.8, 4) is 5.69 Å². The van der Waals surface area contributed by atoms with Crippen LogP contribution in [0.15, 0.2) is 41.4 Å². The molecule has 110 valence electrons. The van der Waals surface area contributed by atoms with Crippen LogP contribution in [0.3, 0.4) is 0 Å². The quantitative estimate of drug-likeness (QED) is 0.835. The van der Waals surface area contributed by atoms with Gasteiger partial charge in [0, 0.05) is 43.2 Å². The summed E-state index contributed by atoms with van der Waals surface area (Å²) in [6.07, 6.45) is 6.54. The fourth-order valence-corrected chi connectivity index (χ4v) is 3.81. The van der Waals surface area contributed by atoms with Crippen molar-refractivity contribution in [3.63, 3.8) is 0 Å². The van der Waals surface area contributed by atoms with Crippen LogP contribution in [0, 0.1) is 0 Å². The Balaban J connectivity index is 1.51. The third-order valence-electron chi connectivity index (χ3n) is 4.65. The Hall–Kier alpha value is -1.33. The summed E-state index contributed by atoms with van der Waals surface area (Å²) in [6.45, 7) is 4.83. The number of aromatic nitrogens is 2. The van der Waals surface area contributed by atoms with Gasteiger partial charge in [0.05, 0.1) is 0 Å². The second-order valence-electron chi connectivity index (χ2n) is 5.90. The molecule has 0 amide bonds. The summed E-state index contributed by atoms with van der Waals surface area (Å²) in [6, 6.07) is 9.57. The van der Waals surface area contributed by atoms with E-state index in [1.165, 1.54) is 38.2 Å². The molecule has 3 heterocycles. The second-order valence-corrected chi connectivity index (χ2v) is 6.71. The van der Waals surface area contributed by atoms with Crippen LogP contribution in [0.25, 0.3) is 5.69 Å². The average Bonchev–Trinajstić information content (AvgIpc) is 3.15. The molecule has 2 aliphatic rings. The van der Waals surface area contributed by atoms with Crippen molar-refractivity contribution in [2.75, 3.05) is 31.1 Å². The van der Waals surface area contributed by atoms with Gasteiger partial charge in [-0.05, 0) is 59.6 Å². The lowest BCUT2D eigenvalue weighted by Crippen LogP contribution is -2.50. The Kier molecular flexibility index (Phi) is 3.47. The Morgan fingerprint density at radius 2 is 1.86 bits per heavy atom. The van der Waals surface area contributed by atoms with E-state index in [-0.39, 0.29) is 0 Å². The zero-order chi connectivity index (χ0) is 14.2. The maximum atomic E-state index is 4.21. The standard InChI is InChI=1S/C16H19BrN4/c17-16-11-21(12-18-16)14-5-3-13(4-6-14)20-9-8-19-7-1-2-15(19)10-20/h3-6,11-12,15H,1-2,7-10H2. The summed E-state index contributed by atoms with van der Waals surface area (Å²) in [5.74, 6) is 0. The lowest BCUT2D eigenvalue weighted by Gasteiger charge is -2.38. The average molecular weight is 347 g/mol. The molecule has 0 aliphatic carbocycles. The summed E-state index contributed by atoms with van der Waals surface area (Å²) in [5, 5.41) is 0. The molecule has 0 spiro atoms. The van der Waals surface area contributed by atoms with E-state index < -0.39 is 0 Å². The van der Waals surface area contributed by atoms with Gasteiger partial charge in [0.1, 0.15) is 10.9 Å². The molecule has 4 rings (SSSR count). The highest BCUT2D eigenvalue weighted by molar-refractivity contribution is 9.10. The molecule has 2 fully saturated rings. The number of piperazine rings is 1. The Labute approximate surface area is 133 Å². The van der Waals surface area contributed by atoms with Crippen LogP contribution >= 0.6 is 15.9 Å². The number of rotatable bonds is 2. The zero-order valence-corrected chi connectivity index (χ0v) is 13.5. The van der Waals surface area contributed by atoms with Crippen molar-refractivity contribution in [2.24, 2.45) is 0 Å². The van der Waals surface area contributed by atoms with Crippen LogP contribution < -0.4 is 4.90 Å². The van der Waals surface area contributed by atoms with Crippen molar-refractivity contribution >= 4 is 21.6 Å². The molecule has 2 aliphatic heterocycles. The van der Waals surface area contributed by atoms with Crippen LogP contribution in [-0.2, 0) is 0 Å². The first-order chi connectivity index (χ1) is 10.3. The third-order valence-corrected chi connectivity index (χ3v) is 5.06. The Morgan fingerprint density at radius 3 is 2.62 bits per heavy atom. The van der Waals surface area contributed by atoms with Gasteiger partial charge in [-0.2, -0.15) is 0 Å². The predicted octanol–water partition coefficient (Wildman–Crippen LogP) is 2.92. The van der Waals surface area contributed by atoms with E-state index in [4.69, 9.17) is 0 Å². The normalized spacial score (nSPS) is 22.5. The van der Waals surface area contributed by atoms with Gasteiger partial charge in [-0.1, -0.05) is 0 Å². The number of hydrogen-bond donors (Lipinski definition) is 0. The molecule has 21 heavy (non-hydrogen) atoms. The number of hydrogen-bond acceptors (Lipinski definition) is 3. The summed E-state index contributed by atoms with van der Waals surface area (Å²) in [7, 11) is 0. The van der Waals surface area contributed by atoms with E-state index in [0.29, 0.717) is 0 Å². The van der Waals surface area contributed by atoms with Crippen LogP contribution in [0.1, 0.15) is 12.8 Å². The Bertz CT molecular complexity index is 621. The maximum absolute atomic E-state index is 4.21. The summed E-state index contributed by atoms with van der Waals surface area (Å²) in [4.78, 5) is 9.38. The molecule has 5 heteroatoms. The number of nitrogens with zero attached hydrogens (tertiary/aromatic N) is 4. The SMILES string of the molecule is Brc1cn(-c2ccc(N3CCN4CCCC4C3)cc2)cn1. The van der Waals surface area contributed by atoms with Crippen molar-refractivity contribution < 1.29 is 0 Å². The molecule has 0 saturated carbocycles. The monoisotopic (exact) mass is 346 g/mol. The predicted molar refractivity (Wildman–Crippen MR) is 88.1 cm³/mol. The molecule has 1 atom stereocenters. The number of halogens is 1. The minimum atomic E-state index is 0.767. The third kappa shape index (κ3) is 2.60. The number of imidazole rings is 1. The first-order valence-corrected chi connectivity index (χ1v) is 8.38. The lowest BCUT2D eigenvalue weighted by molar-refractivity contribution is 0.231. The van der Waals surface area contributed by atoms with E-state index in [1.807, 2.05) is 17.1 Å². The molecule has 2 aromatic rings. The van der Waals surface area contributed by atoms with E-state index in [1.54, 1.807) is 0 Å². The highest BCUT2D eigenvalue weighted by atomic mass is 79.9. The van der Waals surface area contributed by atoms with Gasteiger partial charge >= 0.3 is 0 Å².